The Morgan fingerprint density at radius 2 is 2.16 bits per heavy atom. The minimum absolute atomic E-state index is 0.0473. The number of nitrogens with one attached hydrogen (secondary N) is 1. The average molecular weight is 283 g/mol. The first-order valence-electron chi connectivity index (χ1n) is 5.97. The van der Waals surface area contributed by atoms with E-state index < -0.39 is 6.10 Å². The molecule has 1 unspecified atom stereocenters. The fraction of sp³-hybridized carbons (Fsp3) is 0.417. The molecule has 7 heteroatoms. The van der Waals surface area contributed by atoms with Gasteiger partial charge >= 0.3 is 0 Å². The van der Waals surface area contributed by atoms with Crippen LogP contribution in [0.1, 0.15) is 5.01 Å². The molecule has 2 rings (SSSR count). The second-order valence-electron chi connectivity index (χ2n) is 4.18. The number of nitrogens with zero attached hydrogens (tertiary/aromatic N) is 1. The Labute approximate surface area is 114 Å². The minimum atomic E-state index is -0.808. The molecular weight excluding hydrogens is 266 g/mol. The number of hydrogen-bond acceptors (Lipinski definition) is 7. The van der Waals surface area contributed by atoms with Gasteiger partial charge in [0, 0.05) is 19.6 Å². The summed E-state index contributed by atoms with van der Waals surface area (Å²) in [5.41, 5.74) is 7.99. The van der Waals surface area contributed by atoms with Crippen molar-refractivity contribution in [1.82, 2.24) is 4.98 Å². The van der Waals surface area contributed by atoms with Gasteiger partial charge in [0.25, 0.3) is 0 Å². The topological polar surface area (TPSA) is 112 Å². The van der Waals surface area contributed by atoms with E-state index in [-0.39, 0.29) is 19.8 Å². The van der Waals surface area contributed by atoms with Gasteiger partial charge in [-0.15, -0.1) is 11.3 Å². The Hall–Kier alpha value is -1.41. The van der Waals surface area contributed by atoms with Gasteiger partial charge in [0.2, 0.25) is 0 Å². The average Bonchev–Trinajstić information content (AvgIpc) is 2.83. The van der Waals surface area contributed by atoms with Crippen molar-refractivity contribution in [3.63, 3.8) is 0 Å². The number of benzene rings is 1. The van der Waals surface area contributed by atoms with Gasteiger partial charge in [-0.25, -0.2) is 4.98 Å². The van der Waals surface area contributed by atoms with Crippen molar-refractivity contribution in [2.24, 2.45) is 0 Å². The highest BCUT2D eigenvalue weighted by molar-refractivity contribution is 7.19. The summed E-state index contributed by atoms with van der Waals surface area (Å²) in [5, 5.41) is 31.0. The molecule has 0 radical (unpaired) electrons. The lowest BCUT2D eigenvalue weighted by Gasteiger charge is -2.11. The normalized spacial score (nSPS) is 12.8. The summed E-state index contributed by atoms with van der Waals surface area (Å²) < 4.78 is 0.897. The molecule has 6 N–H and O–H groups in total. The fourth-order valence-electron chi connectivity index (χ4n) is 1.70. The van der Waals surface area contributed by atoms with Crippen molar-refractivity contribution in [1.29, 1.82) is 0 Å². The van der Waals surface area contributed by atoms with Gasteiger partial charge in [-0.2, -0.15) is 0 Å². The van der Waals surface area contributed by atoms with E-state index in [1.807, 2.05) is 6.07 Å². The first kappa shape index (κ1) is 14.0. The number of thiazole rings is 1. The van der Waals surface area contributed by atoms with Crippen LogP contribution in [0.2, 0.25) is 0 Å². The quantitative estimate of drug-likeness (QED) is 0.484. The van der Waals surface area contributed by atoms with Gasteiger partial charge in [-0.3, -0.25) is 0 Å². The molecule has 6 nitrogen and oxygen atoms in total. The number of hydrogen-bond donors (Lipinski definition) is 5. The number of aliphatic hydroxyl groups is 3. The molecule has 0 aliphatic carbocycles. The molecule has 0 bridgehead atoms. The predicted molar refractivity (Wildman–Crippen MR) is 76.4 cm³/mol. The lowest BCUT2D eigenvalue weighted by atomic mass is 10.2. The van der Waals surface area contributed by atoms with Crippen LogP contribution in [-0.2, 0) is 6.42 Å². The number of rotatable bonds is 6. The van der Waals surface area contributed by atoms with Crippen LogP contribution in [0.15, 0.2) is 12.1 Å². The van der Waals surface area contributed by atoms with E-state index in [2.05, 4.69) is 10.3 Å². The summed E-state index contributed by atoms with van der Waals surface area (Å²) in [4.78, 5) is 4.39. The van der Waals surface area contributed by atoms with Crippen molar-refractivity contribution in [3.05, 3.63) is 17.1 Å². The van der Waals surface area contributed by atoms with Gasteiger partial charge in [-0.05, 0) is 12.1 Å². The van der Waals surface area contributed by atoms with E-state index in [0.717, 1.165) is 15.4 Å². The zero-order chi connectivity index (χ0) is 13.8. The highest BCUT2D eigenvalue weighted by Gasteiger charge is 2.11. The van der Waals surface area contributed by atoms with Crippen LogP contribution in [0.5, 0.6) is 0 Å². The van der Waals surface area contributed by atoms with Crippen LogP contribution in [0.4, 0.5) is 11.4 Å². The van der Waals surface area contributed by atoms with Gasteiger partial charge in [0.15, 0.2) is 0 Å². The summed E-state index contributed by atoms with van der Waals surface area (Å²) in [5.74, 6) is 0. The molecule has 1 aromatic heterocycles. The van der Waals surface area contributed by atoms with Crippen LogP contribution in [0.3, 0.4) is 0 Å². The van der Waals surface area contributed by atoms with Crippen LogP contribution in [0.25, 0.3) is 10.2 Å². The van der Waals surface area contributed by atoms with E-state index in [9.17, 15) is 5.11 Å². The van der Waals surface area contributed by atoms with Crippen molar-refractivity contribution in [2.75, 3.05) is 30.8 Å². The number of fused-ring (bicyclic) bond motifs is 1. The van der Waals surface area contributed by atoms with E-state index in [0.29, 0.717) is 17.6 Å². The van der Waals surface area contributed by atoms with E-state index >= 15 is 0 Å². The zero-order valence-electron chi connectivity index (χ0n) is 10.3. The Morgan fingerprint density at radius 3 is 2.84 bits per heavy atom. The molecule has 0 aliphatic heterocycles. The number of aromatic nitrogens is 1. The molecule has 1 atom stereocenters. The maximum atomic E-state index is 9.35. The molecule has 1 aromatic carbocycles. The molecule has 0 saturated carbocycles. The van der Waals surface area contributed by atoms with Crippen molar-refractivity contribution in [2.45, 2.75) is 12.5 Å². The Morgan fingerprint density at radius 1 is 1.37 bits per heavy atom. The minimum Gasteiger partial charge on any atom is -0.397 e. The van der Waals surface area contributed by atoms with Crippen molar-refractivity contribution >= 4 is 32.9 Å². The summed E-state index contributed by atoms with van der Waals surface area (Å²) in [6.07, 6.45) is -0.310. The molecular formula is C12H17N3O3S. The number of anilines is 2. The van der Waals surface area contributed by atoms with Crippen LogP contribution in [-0.4, -0.2) is 46.2 Å². The van der Waals surface area contributed by atoms with Gasteiger partial charge < -0.3 is 26.4 Å². The second-order valence-corrected chi connectivity index (χ2v) is 5.26. The second kappa shape index (κ2) is 6.16. The monoisotopic (exact) mass is 283 g/mol. The zero-order valence-corrected chi connectivity index (χ0v) is 11.2. The molecule has 2 aromatic rings. The summed E-state index contributed by atoms with van der Waals surface area (Å²) in [6, 6.07) is 3.57. The standard InChI is InChI=1S/C12H17N3O3S/c13-8-1-2-9(14-5-7(18)6-17)12-11(8)15-10(19-12)3-4-16/h1-2,7,14,16-18H,3-6,13H2. The highest BCUT2D eigenvalue weighted by atomic mass is 32.1. The fourth-order valence-corrected chi connectivity index (χ4v) is 2.78. The first-order valence-corrected chi connectivity index (χ1v) is 6.79. The molecule has 19 heavy (non-hydrogen) atoms. The third-order valence-electron chi connectivity index (χ3n) is 2.68. The third kappa shape index (κ3) is 3.13. The largest absolute Gasteiger partial charge is 0.397 e. The van der Waals surface area contributed by atoms with Gasteiger partial charge in [0.05, 0.1) is 33.8 Å². The highest BCUT2D eigenvalue weighted by Crippen LogP contribution is 2.33. The first-order chi connectivity index (χ1) is 9.15. The SMILES string of the molecule is Nc1ccc(NCC(O)CO)c2sc(CCO)nc12. The molecule has 0 fully saturated rings. The smallest absolute Gasteiger partial charge is 0.107 e. The van der Waals surface area contributed by atoms with Gasteiger partial charge in [-0.1, -0.05) is 0 Å². The number of nitrogens with two attached hydrogens (primary N) is 1. The Kier molecular flexibility index (Phi) is 4.54. The molecule has 104 valence electrons. The lowest BCUT2D eigenvalue weighted by Crippen LogP contribution is -2.22. The predicted octanol–water partition coefficient (Wildman–Crippen LogP) is 0.178. The third-order valence-corrected chi connectivity index (χ3v) is 3.83. The lowest BCUT2D eigenvalue weighted by molar-refractivity contribution is 0.105. The van der Waals surface area contributed by atoms with Gasteiger partial charge in [0.1, 0.15) is 5.52 Å². The van der Waals surface area contributed by atoms with Crippen LogP contribution >= 0.6 is 11.3 Å². The van der Waals surface area contributed by atoms with Crippen molar-refractivity contribution < 1.29 is 15.3 Å². The van der Waals surface area contributed by atoms with E-state index in [1.54, 1.807) is 6.07 Å². The number of nitrogen functional groups attached to an aromatic ring is 1. The summed E-state index contributed by atoms with van der Waals surface area (Å²) >= 11 is 1.46. The molecule has 0 amide bonds. The van der Waals surface area contributed by atoms with E-state index in [1.165, 1.54) is 11.3 Å². The maximum absolute atomic E-state index is 9.35. The maximum Gasteiger partial charge on any atom is 0.107 e. The molecule has 0 aliphatic rings. The molecule has 1 heterocycles. The molecule has 0 saturated heterocycles. The van der Waals surface area contributed by atoms with Crippen LogP contribution in [0, 0.1) is 0 Å². The Bertz CT molecular complexity index is 558. The van der Waals surface area contributed by atoms with E-state index in [4.69, 9.17) is 15.9 Å². The number of aliphatic hydroxyl groups excluding tert-OH is 3. The van der Waals surface area contributed by atoms with Crippen LogP contribution < -0.4 is 11.1 Å². The Balaban J connectivity index is 2.30. The van der Waals surface area contributed by atoms with Crippen molar-refractivity contribution in [3.8, 4) is 0 Å². The summed E-state index contributed by atoms with van der Waals surface area (Å²) in [7, 11) is 0. The summed E-state index contributed by atoms with van der Waals surface area (Å²) in [6.45, 7) is 0.0119. The molecule has 0 spiro atoms.